The number of aliphatic imine (C=N–C) groups is 1. The summed E-state index contributed by atoms with van der Waals surface area (Å²) in [6, 6.07) is 11.1. The zero-order valence-corrected chi connectivity index (χ0v) is 22.0. The smallest absolute Gasteiger partial charge is 0.399 e. The second-order valence-corrected chi connectivity index (χ2v) is 10.1. The Morgan fingerprint density at radius 2 is 1.88 bits per heavy atom. The van der Waals surface area contributed by atoms with Crippen molar-refractivity contribution in [2.24, 2.45) is 28.3 Å². The number of rotatable bonds is 11. The van der Waals surface area contributed by atoms with Gasteiger partial charge in [0.2, 0.25) is 0 Å². The fraction of sp³-hybridized carbons (Fsp3) is 0.258. The van der Waals surface area contributed by atoms with E-state index < -0.39 is 17.7 Å². The molecule has 5 nitrogen and oxygen atoms in total. The number of nitrogens with zero attached hydrogens (tertiary/aromatic N) is 1. The van der Waals surface area contributed by atoms with E-state index in [9.17, 15) is 13.2 Å². The van der Waals surface area contributed by atoms with E-state index in [4.69, 9.17) is 11.5 Å². The van der Waals surface area contributed by atoms with Gasteiger partial charge in [-0.1, -0.05) is 55.7 Å². The molecule has 0 aromatic heterocycles. The van der Waals surface area contributed by atoms with Crippen molar-refractivity contribution < 1.29 is 17.6 Å². The second kappa shape index (κ2) is 12.4. The lowest BCUT2D eigenvalue weighted by Crippen LogP contribution is -2.29. The molecule has 2 aliphatic rings. The summed E-state index contributed by atoms with van der Waals surface area (Å²) in [6.45, 7) is 8.39. The summed E-state index contributed by atoms with van der Waals surface area (Å²) >= 11 is 0. The standard InChI is InChI=1S/C31H33F4N5/c1-19(36)23-9-6-10-25(15-23)40-27(17-29(37)31(33,34)35)20(2)39-28-16-24(13-14-26(28)32)30(38-18-21-11-12-21)22-7-4-3-5-8-22/h3-7,9-10,13-17,21-22,30,38-39H,1-2,8,11-12,18,36-37H2. The van der Waals surface area contributed by atoms with Crippen LogP contribution in [0.3, 0.4) is 0 Å². The molecule has 0 radical (unpaired) electrons. The normalized spacial score (nSPS) is 18.4. The third-order valence-electron chi connectivity index (χ3n) is 6.80. The molecular weight excluding hydrogens is 518 g/mol. The average Bonchev–Trinajstić information content (AvgIpc) is 3.75. The summed E-state index contributed by atoms with van der Waals surface area (Å²) in [4.78, 5) is 4.32. The van der Waals surface area contributed by atoms with Crippen LogP contribution < -0.4 is 22.1 Å². The molecule has 2 unspecified atom stereocenters. The summed E-state index contributed by atoms with van der Waals surface area (Å²) < 4.78 is 55.0. The molecule has 2 atom stereocenters. The number of hydrogen-bond acceptors (Lipinski definition) is 5. The summed E-state index contributed by atoms with van der Waals surface area (Å²) in [5.41, 5.74) is 11.4. The highest BCUT2D eigenvalue weighted by Gasteiger charge is 2.32. The molecule has 0 bridgehead atoms. The SMILES string of the molecule is C=C(Nc1cc(C(NCC2CC2)C2C=CC=CC2)ccc1F)C(C=C(N)C(F)(F)F)=Nc1cccc(C(=C)N)c1. The van der Waals surface area contributed by atoms with E-state index in [1.54, 1.807) is 36.4 Å². The lowest BCUT2D eigenvalue weighted by molar-refractivity contribution is -0.0925. The molecule has 0 heterocycles. The Labute approximate surface area is 231 Å². The van der Waals surface area contributed by atoms with Gasteiger partial charge in [0.05, 0.1) is 22.8 Å². The molecule has 2 aliphatic carbocycles. The molecule has 2 aromatic carbocycles. The zero-order chi connectivity index (χ0) is 28.9. The van der Waals surface area contributed by atoms with Crippen LogP contribution in [-0.4, -0.2) is 18.4 Å². The van der Waals surface area contributed by atoms with Crippen LogP contribution in [0.1, 0.15) is 36.4 Å². The van der Waals surface area contributed by atoms with Crippen molar-refractivity contribution in [2.75, 3.05) is 11.9 Å². The number of hydrogen-bond donors (Lipinski definition) is 4. The van der Waals surface area contributed by atoms with Gasteiger partial charge in [0.1, 0.15) is 11.5 Å². The van der Waals surface area contributed by atoms with Crippen molar-refractivity contribution in [2.45, 2.75) is 31.5 Å². The Balaban J connectivity index is 1.65. The van der Waals surface area contributed by atoms with E-state index >= 15 is 4.39 Å². The van der Waals surface area contributed by atoms with Crippen LogP contribution in [0.4, 0.5) is 28.9 Å². The lowest BCUT2D eigenvalue weighted by Gasteiger charge is -2.27. The lowest BCUT2D eigenvalue weighted by atomic mass is 9.87. The summed E-state index contributed by atoms with van der Waals surface area (Å²) in [5, 5.41) is 6.46. The Hall–Kier alpha value is -4.11. The highest BCUT2D eigenvalue weighted by molar-refractivity contribution is 6.11. The minimum absolute atomic E-state index is 0.0619. The van der Waals surface area contributed by atoms with E-state index in [-0.39, 0.29) is 34.8 Å². The molecule has 6 N–H and O–H groups in total. The average molecular weight is 552 g/mol. The van der Waals surface area contributed by atoms with Crippen LogP contribution >= 0.6 is 0 Å². The molecule has 0 spiro atoms. The molecule has 0 amide bonds. The molecule has 1 fully saturated rings. The zero-order valence-electron chi connectivity index (χ0n) is 22.0. The van der Waals surface area contributed by atoms with E-state index in [1.807, 2.05) is 12.2 Å². The van der Waals surface area contributed by atoms with Crippen molar-refractivity contribution in [3.63, 3.8) is 0 Å². The quantitative estimate of drug-likeness (QED) is 0.178. The topological polar surface area (TPSA) is 88.5 Å². The van der Waals surface area contributed by atoms with Crippen molar-refractivity contribution in [1.29, 1.82) is 0 Å². The van der Waals surface area contributed by atoms with Gasteiger partial charge in [0.15, 0.2) is 0 Å². The first-order valence-corrected chi connectivity index (χ1v) is 13.0. The molecule has 0 aliphatic heterocycles. The van der Waals surface area contributed by atoms with Crippen LogP contribution in [-0.2, 0) is 0 Å². The third-order valence-corrected chi connectivity index (χ3v) is 6.80. The number of anilines is 1. The molecule has 0 saturated heterocycles. The predicted molar refractivity (Wildman–Crippen MR) is 154 cm³/mol. The number of alkyl halides is 3. The maximum atomic E-state index is 15.0. The maximum Gasteiger partial charge on any atom is 0.430 e. The first-order valence-electron chi connectivity index (χ1n) is 13.0. The van der Waals surface area contributed by atoms with Gasteiger partial charge in [-0.2, -0.15) is 13.2 Å². The van der Waals surface area contributed by atoms with Crippen LogP contribution in [0.15, 0.2) is 102 Å². The Bertz CT molecular complexity index is 1380. The Morgan fingerprint density at radius 3 is 2.52 bits per heavy atom. The van der Waals surface area contributed by atoms with Gasteiger partial charge < -0.3 is 22.1 Å². The van der Waals surface area contributed by atoms with Gasteiger partial charge in [-0.05, 0) is 73.2 Å². The largest absolute Gasteiger partial charge is 0.430 e. The van der Waals surface area contributed by atoms with Gasteiger partial charge in [-0.3, -0.25) is 0 Å². The van der Waals surface area contributed by atoms with E-state index in [0.717, 1.165) is 18.5 Å². The monoisotopic (exact) mass is 551 g/mol. The van der Waals surface area contributed by atoms with Crippen LogP contribution in [0, 0.1) is 17.7 Å². The van der Waals surface area contributed by atoms with Crippen LogP contribution in [0.2, 0.25) is 0 Å². The molecule has 9 heteroatoms. The van der Waals surface area contributed by atoms with Gasteiger partial charge in [0, 0.05) is 17.7 Å². The van der Waals surface area contributed by atoms with E-state index in [2.05, 4.69) is 40.9 Å². The summed E-state index contributed by atoms with van der Waals surface area (Å²) in [6.07, 6.45) is 7.30. The molecule has 210 valence electrons. The molecular formula is C31H33F4N5. The van der Waals surface area contributed by atoms with Crippen molar-refractivity contribution in [3.05, 3.63) is 114 Å². The van der Waals surface area contributed by atoms with Gasteiger partial charge >= 0.3 is 6.18 Å². The maximum absolute atomic E-state index is 15.0. The molecule has 40 heavy (non-hydrogen) atoms. The van der Waals surface area contributed by atoms with Gasteiger partial charge in [0.25, 0.3) is 0 Å². The number of nitrogens with one attached hydrogen (secondary N) is 2. The molecule has 1 saturated carbocycles. The molecule has 2 aromatic rings. The van der Waals surface area contributed by atoms with Gasteiger partial charge in [-0.25, -0.2) is 9.38 Å². The van der Waals surface area contributed by atoms with Gasteiger partial charge in [-0.15, -0.1) is 0 Å². The number of allylic oxidation sites excluding steroid dienone is 5. The number of nitrogens with two attached hydrogens (primary N) is 2. The Morgan fingerprint density at radius 1 is 1.10 bits per heavy atom. The highest BCUT2D eigenvalue weighted by atomic mass is 19.4. The highest BCUT2D eigenvalue weighted by Crippen LogP contribution is 2.34. The van der Waals surface area contributed by atoms with Crippen LogP contribution in [0.25, 0.3) is 5.70 Å². The predicted octanol–water partition coefficient (Wildman–Crippen LogP) is 7.03. The fourth-order valence-electron chi connectivity index (χ4n) is 4.37. The molecule has 4 rings (SSSR count). The summed E-state index contributed by atoms with van der Waals surface area (Å²) in [7, 11) is 0. The number of halogens is 4. The summed E-state index contributed by atoms with van der Waals surface area (Å²) in [5.74, 6) is 0.225. The van der Waals surface area contributed by atoms with E-state index in [1.165, 1.54) is 18.9 Å². The minimum Gasteiger partial charge on any atom is -0.399 e. The van der Waals surface area contributed by atoms with Crippen molar-refractivity contribution in [1.82, 2.24) is 5.32 Å². The van der Waals surface area contributed by atoms with Crippen molar-refractivity contribution in [3.8, 4) is 0 Å². The second-order valence-electron chi connectivity index (χ2n) is 10.1. The minimum atomic E-state index is -4.79. The fourth-order valence-corrected chi connectivity index (χ4v) is 4.37. The van der Waals surface area contributed by atoms with Crippen LogP contribution in [0.5, 0.6) is 0 Å². The first-order chi connectivity index (χ1) is 19.0. The van der Waals surface area contributed by atoms with E-state index in [0.29, 0.717) is 23.2 Å². The Kier molecular flexibility index (Phi) is 8.94. The number of benzene rings is 2. The van der Waals surface area contributed by atoms with Crippen molar-refractivity contribution >= 4 is 22.8 Å². The first kappa shape index (κ1) is 28.9. The third kappa shape index (κ3) is 7.72.